The predicted octanol–water partition coefficient (Wildman–Crippen LogP) is 3.29. The maximum Gasteiger partial charge on any atom is 0.274 e. The van der Waals surface area contributed by atoms with Crippen LogP contribution in [-0.2, 0) is 20.8 Å². The van der Waals surface area contributed by atoms with Gasteiger partial charge in [-0.25, -0.2) is 0 Å². The largest absolute Gasteiger partial charge is 0.324 e. The first-order valence-corrected chi connectivity index (χ1v) is 8.57. The zero-order valence-electron chi connectivity index (χ0n) is 13.5. The van der Waals surface area contributed by atoms with Crippen molar-refractivity contribution in [3.05, 3.63) is 76.3 Å². The molecule has 5 nitrogen and oxygen atoms in total. The summed E-state index contributed by atoms with van der Waals surface area (Å²) in [7, 11) is 0. The standard InChI is InChI=1S/C19H14Cl2N2O3/c20-15-16(21)19(26)23(18(15)25)14(11-12-7-3-1-4-8-12)17(24)22-13-9-5-2-6-10-13/h1-10,14H,11H2,(H,22,24)/t14-/m0/s1. The molecule has 0 saturated heterocycles. The van der Waals surface area contributed by atoms with Crippen LogP contribution in [0.15, 0.2) is 70.7 Å². The Hall–Kier alpha value is -2.63. The molecule has 2 aromatic rings. The summed E-state index contributed by atoms with van der Waals surface area (Å²) in [6.07, 6.45) is 0.144. The molecule has 1 aliphatic rings. The van der Waals surface area contributed by atoms with Crippen molar-refractivity contribution < 1.29 is 14.4 Å². The monoisotopic (exact) mass is 388 g/mol. The highest BCUT2D eigenvalue weighted by Gasteiger charge is 2.43. The molecule has 0 unspecified atom stereocenters. The Morgan fingerprint density at radius 2 is 1.38 bits per heavy atom. The fourth-order valence-electron chi connectivity index (χ4n) is 2.66. The topological polar surface area (TPSA) is 66.5 Å². The van der Waals surface area contributed by atoms with Crippen LogP contribution >= 0.6 is 23.2 Å². The van der Waals surface area contributed by atoms with E-state index in [1.807, 2.05) is 36.4 Å². The van der Waals surface area contributed by atoms with Crippen LogP contribution in [0.2, 0.25) is 0 Å². The first kappa shape index (κ1) is 18.2. The first-order valence-electron chi connectivity index (χ1n) is 7.82. The van der Waals surface area contributed by atoms with Crippen LogP contribution in [0.3, 0.4) is 0 Å². The molecule has 3 amide bonds. The minimum Gasteiger partial charge on any atom is -0.324 e. The second kappa shape index (κ2) is 7.72. The van der Waals surface area contributed by atoms with E-state index < -0.39 is 23.8 Å². The van der Waals surface area contributed by atoms with Crippen molar-refractivity contribution in [1.29, 1.82) is 0 Å². The van der Waals surface area contributed by atoms with E-state index in [1.54, 1.807) is 24.3 Å². The van der Waals surface area contributed by atoms with Crippen molar-refractivity contribution in [3.63, 3.8) is 0 Å². The van der Waals surface area contributed by atoms with Crippen molar-refractivity contribution in [3.8, 4) is 0 Å². The lowest BCUT2D eigenvalue weighted by Crippen LogP contribution is -2.49. The van der Waals surface area contributed by atoms with Crippen LogP contribution in [0.5, 0.6) is 0 Å². The summed E-state index contributed by atoms with van der Waals surface area (Å²) in [5.74, 6) is -2.05. The van der Waals surface area contributed by atoms with Crippen molar-refractivity contribution in [2.75, 3.05) is 5.32 Å². The molecule has 3 rings (SSSR count). The van der Waals surface area contributed by atoms with E-state index in [0.717, 1.165) is 10.5 Å². The van der Waals surface area contributed by atoms with E-state index in [4.69, 9.17) is 23.2 Å². The second-order valence-electron chi connectivity index (χ2n) is 5.67. The van der Waals surface area contributed by atoms with Crippen LogP contribution in [0.25, 0.3) is 0 Å². The zero-order chi connectivity index (χ0) is 18.7. The molecule has 1 aliphatic heterocycles. The van der Waals surface area contributed by atoms with E-state index in [-0.39, 0.29) is 16.5 Å². The summed E-state index contributed by atoms with van der Waals surface area (Å²) < 4.78 is 0. The van der Waals surface area contributed by atoms with Gasteiger partial charge in [-0.2, -0.15) is 0 Å². The first-order chi connectivity index (χ1) is 12.5. The van der Waals surface area contributed by atoms with Gasteiger partial charge in [0.2, 0.25) is 5.91 Å². The molecule has 1 N–H and O–H groups in total. The lowest BCUT2D eigenvalue weighted by atomic mass is 10.0. The molecule has 0 radical (unpaired) electrons. The van der Waals surface area contributed by atoms with Gasteiger partial charge in [-0.1, -0.05) is 71.7 Å². The highest BCUT2D eigenvalue weighted by molar-refractivity contribution is 6.58. The van der Waals surface area contributed by atoms with E-state index >= 15 is 0 Å². The van der Waals surface area contributed by atoms with Crippen LogP contribution < -0.4 is 5.32 Å². The number of hydrogen-bond donors (Lipinski definition) is 1. The van der Waals surface area contributed by atoms with Gasteiger partial charge >= 0.3 is 0 Å². The molecule has 132 valence electrons. The number of nitrogens with zero attached hydrogens (tertiary/aromatic N) is 1. The van der Waals surface area contributed by atoms with Gasteiger partial charge in [-0.15, -0.1) is 0 Å². The third kappa shape index (κ3) is 3.64. The predicted molar refractivity (Wildman–Crippen MR) is 99.6 cm³/mol. The van der Waals surface area contributed by atoms with Crippen LogP contribution in [0, 0.1) is 0 Å². The number of carbonyl (C=O) groups is 3. The number of rotatable bonds is 5. The van der Waals surface area contributed by atoms with Gasteiger partial charge in [0.25, 0.3) is 11.8 Å². The third-order valence-corrected chi connectivity index (χ3v) is 4.73. The van der Waals surface area contributed by atoms with E-state index in [2.05, 4.69) is 5.32 Å². The summed E-state index contributed by atoms with van der Waals surface area (Å²) in [5, 5.41) is 1.97. The number of halogens is 2. The van der Waals surface area contributed by atoms with Gasteiger partial charge in [0.05, 0.1) is 0 Å². The average Bonchev–Trinajstić information content (AvgIpc) is 2.85. The number of para-hydroxylation sites is 1. The fraction of sp³-hybridized carbons (Fsp3) is 0.105. The molecule has 1 heterocycles. The maximum absolute atomic E-state index is 12.8. The van der Waals surface area contributed by atoms with Crippen LogP contribution in [-0.4, -0.2) is 28.7 Å². The maximum atomic E-state index is 12.8. The van der Waals surface area contributed by atoms with Crippen LogP contribution in [0.4, 0.5) is 5.69 Å². The van der Waals surface area contributed by atoms with E-state index in [1.165, 1.54) is 0 Å². The van der Waals surface area contributed by atoms with Crippen LogP contribution in [0.1, 0.15) is 5.56 Å². The normalized spacial score (nSPS) is 15.4. The van der Waals surface area contributed by atoms with E-state index in [0.29, 0.717) is 5.69 Å². The third-order valence-electron chi connectivity index (χ3n) is 3.93. The molecule has 0 aromatic heterocycles. The Kier molecular flexibility index (Phi) is 5.40. The highest BCUT2D eigenvalue weighted by atomic mass is 35.5. The molecular weight excluding hydrogens is 375 g/mol. The number of amides is 3. The summed E-state index contributed by atoms with van der Waals surface area (Å²) >= 11 is 11.6. The van der Waals surface area contributed by atoms with Crippen molar-refractivity contribution in [1.82, 2.24) is 4.90 Å². The molecule has 26 heavy (non-hydrogen) atoms. The quantitative estimate of drug-likeness (QED) is 0.799. The van der Waals surface area contributed by atoms with Crippen molar-refractivity contribution in [2.24, 2.45) is 0 Å². The minimum atomic E-state index is -1.08. The molecule has 1 atom stereocenters. The molecule has 7 heteroatoms. The number of hydrogen-bond acceptors (Lipinski definition) is 3. The molecule has 2 aromatic carbocycles. The SMILES string of the molecule is O=C(Nc1ccccc1)[C@H](Cc1ccccc1)N1C(=O)C(Cl)=C(Cl)C1=O. The molecule has 0 bridgehead atoms. The number of benzene rings is 2. The Labute approximate surface area is 160 Å². The van der Waals surface area contributed by atoms with Gasteiger partial charge in [-0.05, 0) is 17.7 Å². The number of anilines is 1. The van der Waals surface area contributed by atoms with Gasteiger partial charge in [-0.3, -0.25) is 19.3 Å². The fourth-order valence-corrected chi connectivity index (χ4v) is 3.00. The molecule has 0 aliphatic carbocycles. The lowest BCUT2D eigenvalue weighted by Gasteiger charge is -2.25. The lowest BCUT2D eigenvalue weighted by molar-refractivity contribution is -0.144. The summed E-state index contributed by atoms with van der Waals surface area (Å²) in [4.78, 5) is 38.4. The minimum absolute atomic E-state index is 0.144. The van der Waals surface area contributed by atoms with Gasteiger partial charge in [0.15, 0.2) is 0 Å². The summed E-state index contributed by atoms with van der Waals surface area (Å²) in [6.45, 7) is 0. The molecule has 0 spiro atoms. The Morgan fingerprint density at radius 1 is 0.885 bits per heavy atom. The molecule has 0 saturated carbocycles. The summed E-state index contributed by atoms with van der Waals surface area (Å²) in [6, 6.07) is 16.8. The number of carbonyl (C=O) groups excluding carboxylic acids is 3. The highest BCUT2D eigenvalue weighted by Crippen LogP contribution is 2.29. The molecular formula is C19H14Cl2N2O3. The smallest absolute Gasteiger partial charge is 0.274 e. The Morgan fingerprint density at radius 3 is 1.92 bits per heavy atom. The molecule has 0 fully saturated rings. The Bertz CT molecular complexity index is 858. The van der Waals surface area contributed by atoms with Crippen molar-refractivity contribution in [2.45, 2.75) is 12.5 Å². The number of imide groups is 1. The average molecular weight is 389 g/mol. The van der Waals surface area contributed by atoms with Gasteiger partial charge in [0, 0.05) is 12.1 Å². The second-order valence-corrected chi connectivity index (χ2v) is 6.42. The van der Waals surface area contributed by atoms with E-state index in [9.17, 15) is 14.4 Å². The van der Waals surface area contributed by atoms with Gasteiger partial charge in [0.1, 0.15) is 16.1 Å². The van der Waals surface area contributed by atoms with Gasteiger partial charge < -0.3 is 5.32 Å². The zero-order valence-corrected chi connectivity index (χ0v) is 15.0. The summed E-state index contributed by atoms with van der Waals surface area (Å²) in [5.41, 5.74) is 1.35. The Balaban J connectivity index is 1.91. The number of nitrogens with one attached hydrogen (secondary N) is 1. The van der Waals surface area contributed by atoms with Crippen molar-refractivity contribution >= 4 is 46.6 Å².